The molecule has 0 N–H and O–H groups in total. The third-order valence-electron chi connectivity index (χ3n) is 2.68. The molecule has 1 atom stereocenters. The van der Waals surface area contributed by atoms with Crippen LogP contribution in [-0.2, 0) is 0 Å². The van der Waals surface area contributed by atoms with E-state index in [4.69, 9.17) is 10.5 Å². The fourth-order valence-electron chi connectivity index (χ4n) is 1.75. The van der Waals surface area contributed by atoms with Crippen LogP contribution in [0, 0.1) is 29.6 Å². The number of pyridine rings is 1. The third-order valence-corrected chi connectivity index (χ3v) is 3.51. The average molecular weight is 283 g/mol. The van der Waals surface area contributed by atoms with Gasteiger partial charge in [-0.15, -0.1) is 0 Å². The van der Waals surface area contributed by atoms with Crippen LogP contribution in [-0.4, -0.2) is 10.5 Å². The van der Waals surface area contributed by atoms with Gasteiger partial charge in [-0.3, -0.25) is 0 Å². The number of aryl methyl sites for hydroxylation is 1. The molecule has 1 unspecified atom stereocenters. The van der Waals surface area contributed by atoms with Gasteiger partial charge in [-0.25, -0.2) is 9.37 Å². The lowest BCUT2D eigenvalue weighted by atomic mass is 10.1. The highest BCUT2D eigenvalue weighted by atomic mass is 32.2. The summed E-state index contributed by atoms with van der Waals surface area (Å²) in [6.07, 6.45) is 0. The monoisotopic (exact) mass is 283 g/mol. The Labute approximate surface area is 120 Å². The van der Waals surface area contributed by atoms with Crippen molar-refractivity contribution in [3.63, 3.8) is 0 Å². The van der Waals surface area contributed by atoms with Crippen molar-refractivity contribution in [2.24, 2.45) is 0 Å². The van der Waals surface area contributed by atoms with Crippen LogP contribution in [0.15, 0.2) is 41.4 Å². The van der Waals surface area contributed by atoms with Crippen molar-refractivity contribution < 1.29 is 4.39 Å². The third kappa shape index (κ3) is 2.96. The second kappa shape index (κ2) is 6.18. The van der Waals surface area contributed by atoms with Crippen LogP contribution in [0.5, 0.6) is 0 Å². The van der Waals surface area contributed by atoms with Crippen LogP contribution in [0.2, 0.25) is 0 Å². The van der Waals surface area contributed by atoms with Gasteiger partial charge in [0, 0.05) is 5.56 Å². The summed E-state index contributed by atoms with van der Waals surface area (Å²) in [7, 11) is 0. The van der Waals surface area contributed by atoms with Crippen molar-refractivity contribution in [1.82, 2.24) is 4.98 Å². The second-order valence-corrected chi connectivity index (χ2v) is 5.08. The van der Waals surface area contributed by atoms with E-state index in [9.17, 15) is 4.39 Å². The molecular formula is C15H10FN3S. The Morgan fingerprint density at radius 2 is 1.95 bits per heavy atom. The maximum Gasteiger partial charge on any atom is 0.237 e. The van der Waals surface area contributed by atoms with E-state index >= 15 is 0 Å². The topological polar surface area (TPSA) is 60.5 Å². The molecule has 1 heterocycles. The Hall–Kier alpha value is -2.37. The number of nitriles is 2. The first-order valence-corrected chi connectivity index (χ1v) is 6.71. The van der Waals surface area contributed by atoms with E-state index < -0.39 is 5.50 Å². The molecule has 2 aromatic rings. The second-order valence-electron chi connectivity index (χ2n) is 4.05. The largest absolute Gasteiger partial charge is 0.240 e. The van der Waals surface area contributed by atoms with Crippen molar-refractivity contribution in [2.75, 3.05) is 0 Å². The van der Waals surface area contributed by atoms with E-state index in [1.54, 1.807) is 13.0 Å². The van der Waals surface area contributed by atoms with Crippen LogP contribution in [0.1, 0.15) is 11.1 Å². The minimum atomic E-state index is -1.74. The molecule has 1 aromatic carbocycles. The van der Waals surface area contributed by atoms with E-state index in [1.165, 1.54) is 6.07 Å². The minimum Gasteiger partial charge on any atom is -0.240 e. The molecule has 0 aliphatic carbocycles. The molecule has 0 saturated carbocycles. The summed E-state index contributed by atoms with van der Waals surface area (Å²) in [5, 5.41) is 17.9. The van der Waals surface area contributed by atoms with Gasteiger partial charge in [0.05, 0.1) is 11.3 Å². The molecule has 0 radical (unpaired) electrons. The van der Waals surface area contributed by atoms with Crippen molar-refractivity contribution in [1.29, 1.82) is 10.5 Å². The quantitative estimate of drug-likeness (QED) is 0.803. The van der Waals surface area contributed by atoms with Crippen molar-refractivity contribution >= 4 is 11.8 Å². The molecule has 0 aliphatic heterocycles. The van der Waals surface area contributed by atoms with Crippen molar-refractivity contribution in [3.05, 3.63) is 47.5 Å². The summed E-state index contributed by atoms with van der Waals surface area (Å²) < 4.78 is 13.3. The van der Waals surface area contributed by atoms with E-state index in [0.29, 0.717) is 28.6 Å². The van der Waals surface area contributed by atoms with Crippen molar-refractivity contribution in [3.8, 4) is 23.4 Å². The van der Waals surface area contributed by atoms with E-state index in [1.807, 2.05) is 36.4 Å². The number of halogens is 1. The molecule has 0 bridgehead atoms. The smallest absolute Gasteiger partial charge is 0.237 e. The number of aromatic nitrogens is 1. The Bertz CT molecular complexity index is 702. The fourth-order valence-corrected chi connectivity index (χ4v) is 2.47. The first-order valence-electron chi connectivity index (χ1n) is 5.83. The Morgan fingerprint density at radius 3 is 2.55 bits per heavy atom. The molecule has 0 amide bonds. The van der Waals surface area contributed by atoms with Crippen LogP contribution in [0.3, 0.4) is 0 Å². The summed E-state index contributed by atoms with van der Waals surface area (Å²) in [5.41, 5.74) is 0.839. The highest BCUT2D eigenvalue weighted by molar-refractivity contribution is 8.00. The molecule has 1 aromatic heterocycles. The van der Waals surface area contributed by atoms with Gasteiger partial charge >= 0.3 is 0 Å². The predicted octanol–water partition coefficient (Wildman–Crippen LogP) is 3.84. The van der Waals surface area contributed by atoms with Crippen LogP contribution < -0.4 is 0 Å². The fraction of sp³-hybridized carbons (Fsp3) is 0.133. The molecule has 2 rings (SSSR count). The highest BCUT2D eigenvalue weighted by Gasteiger charge is 2.16. The zero-order valence-electron chi connectivity index (χ0n) is 10.7. The van der Waals surface area contributed by atoms with Gasteiger partial charge in [-0.2, -0.15) is 10.5 Å². The number of hydrogen-bond acceptors (Lipinski definition) is 4. The molecule has 20 heavy (non-hydrogen) atoms. The molecule has 0 spiro atoms. The molecular weight excluding hydrogens is 273 g/mol. The molecule has 0 aliphatic rings. The molecule has 98 valence electrons. The summed E-state index contributed by atoms with van der Waals surface area (Å²) in [6, 6.07) is 14.7. The first kappa shape index (κ1) is 14.0. The lowest BCUT2D eigenvalue weighted by molar-refractivity contribution is 0.528. The predicted molar refractivity (Wildman–Crippen MR) is 75.5 cm³/mol. The average Bonchev–Trinajstić information content (AvgIpc) is 2.47. The van der Waals surface area contributed by atoms with Gasteiger partial charge in [-0.05, 0) is 18.6 Å². The number of nitrogens with zero attached hydrogens (tertiary/aromatic N) is 3. The number of rotatable bonds is 3. The maximum absolute atomic E-state index is 13.3. The van der Waals surface area contributed by atoms with Crippen molar-refractivity contribution in [2.45, 2.75) is 17.5 Å². The molecule has 5 heteroatoms. The Kier molecular flexibility index (Phi) is 4.34. The number of alkyl halides is 1. The lowest BCUT2D eigenvalue weighted by Gasteiger charge is -2.09. The van der Waals surface area contributed by atoms with Crippen LogP contribution in [0.25, 0.3) is 11.3 Å². The van der Waals surface area contributed by atoms with Gasteiger partial charge in [0.15, 0.2) is 0 Å². The van der Waals surface area contributed by atoms with Crippen LogP contribution in [0.4, 0.5) is 4.39 Å². The Balaban J connectivity index is 2.53. The molecule has 0 fully saturated rings. The van der Waals surface area contributed by atoms with E-state index in [-0.39, 0.29) is 5.03 Å². The van der Waals surface area contributed by atoms with E-state index in [2.05, 4.69) is 4.98 Å². The van der Waals surface area contributed by atoms with Gasteiger partial charge in [-0.1, -0.05) is 42.1 Å². The summed E-state index contributed by atoms with van der Waals surface area (Å²) >= 11 is 0.656. The van der Waals surface area contributed by atoms with Crippen LogP contribution >= 0.6 is 11.8 Å². The van der Waals surface area contributed by atoms with Gasteiger partial charge in [0.25, 0.3) is 0 Å². The zero-order valence-corrected chi connectivity index (χ0v) is 11.5. The zero-order chi connectivity index (χ0) is 14.5. The Morgan fingerprint density at radius 1 is 1.25 bits per heavy atom. The standard InChI is InChI=1S/C15H10FN3S/c1-10-7-13(11-5-3-2-4-6-11)19-15(12(10)8-17)20-14(16)9-18/h2-7,14H,1H3. The summed E-state index contributed by atoms with van der Waals surface area (Å²) in [6.45, 7) is 1.77. The first-order chi connectivity index (χ1) is 9.65. The lowest BCUT2D eigenvalue weighted by Crippen LogP contribution is -1.98. The van der Waals surface area contributed by atoms with Gasteiger partial charge < -0.3 is 0 Å². The van der Waals surface area contributed by atoms with Gasteiger partial charge in [0.1, 0.15) is 17.2 Å². The SMILES string of the molecule is Cc1cc(-c2ccccc2)nc(SC(F)C#N)c1C#N. The maximum atomic E-state index is 13.3. The minimum absolute atomic E-state index is 0.250. The number of benzene rings is 1. The summed E-state index contributed by atoms with van der Waals surface area (Å²) in [5.74, 6) is 0. The molecule has 3 nitrogen and oxygen atoms in total. The number of hydrogen-bond donors (Lipinski definition) is 0. The van der Waals surface area contributed by atoms with Gasteiger partial charge in [0.2, 0.25) is 5.50 Å². The highest BCUT2D eigenvalue weighted by Crippen LogP contribution is 2.30. The summed E-state index contributed by atoms with van der Waals surface area (Å²) in [4.78, 5) is 4.31. The normalized spacial score (nSPS) is 11.4. The van der Waals surface area contributed by atoms with E-state index in [0.717, 1.165) is 5.56 Å². The molecule has 0 saturated heterocycles. The number of thioether (sulfide) groups is 1.